The molecule has 2 rings (SSSR count). The summed E-state index contributed by atoms with van der Waals surface area (Å²) in [5.74, 6) is 0.484. The van der Waals surface area contributed by atoms with E-state index in [1.54, 1.807) is 11.8 Å². The van der Waals surface area contributed by atoms with Crippen molar-refractivity contribution in [2.75, 3.05) is 5.32 Å². The molecule has 2 aromatic rings. The Kier molecular flexibility index (Phi) is 7.06. The molecule has 0 unspecified atom stereocenters. The van der Waals surface area contributed by atoms with Crippen LogP contribution in [0.3, 0.4) is 0 Å². The van der Waals surface area contributed by atoms with Crippen LogP contribution in [0.5, 0.6) is 5.75 Å². The molecule has 0 radical (unpaired) electrons. The molecule has 0 bridgehead atoms. The molecule has 0 saturated carbocycles. The van der Waals surface area contributed by atoms with Crippen LogP contribution in [0.4, 0.5) is 5.13 Å². The summed E-state index contributed by atoms with van der Waals surface area (Å²) >= 11 is 3.01. The number of aromatic nitrogens is 2. The van der Waals surface area contributed by atoms with Gasteiger partial charge in [0, 0.05) is 5.25 Å². The first-order valence-electron chi connectivity index (χ1n) is 8.77. The molecule has 26 heavy (non-hydrogen) atoms. The van der Waals surface area contributed by atoms with Gasteiger partial charge in [-0.15, -0.1) is 10.2 Å². The molecule has 7 heteroatoms. The van der Waals surface area contributed by atoms with E-state index in [1.807, 2.05) is 31.2 Å². The fraction of sp³-hybridized carbons (Fsp3) is 0.526. The molecular weight excluding hydrogens is 366 g/mol. The Morgan fingerprint density at radius 2 is 1.88 bits per heavy atom. The van der Waals surface area contributed by atoms with E-state index < -0.39 is 6.10 Å². The quantitative estimate of drug-likeness (QED) is 0.522. The van der Waals surface area contributed by atoms with Crippen LogP contribution in [0.2, 0.25) is 0 Å². The molecule has 0 spiro atoms. The van der Waals surface area contributed by atoms with Crippen molar-refractivity contribution in [3.05, 3.63) is 29.8 Å². The van der Waals surface area contributed by atoms with Crippen molar-refractivity contribution in [3.63, 3.8) is 0 Å². The van der Waals surface area contributed by atoms with Gasteiger partial charge in [-0.2, -0.15) is 0 Å². The maximum atomic E-state index is 12.5. The van der Waals surface area contributed by atoms with Crippen LogP contribution in [-0.4, -0.2) is 27.5 Å². The number of anilines is 1. The Hall–Kier alpha value is -1.60. The van der Waals surface area contributed by atoms with Gasteiger partial charge in [-0.25, -0.2) is 0 Å². The molecule has 0 saturated heterocycles. The summed E-state index contributed by atoms with van der Waals surface area (Å²) in [5.41, 5.74) is 1.32. The summed E-state index contributed by atoms with van der Waals surface area (Å²) < 4.78 is 6.72. The summed E-state index contributed by atoms with van der Waals surface area (Å²) in [6, 6.07) is 7.91. The largest absolute Gasteiger partial charge is 0.481 e. The average molecular weight is 394 g/mol. The van der Waals surface area contributed by atoms with E-state index in [9.17, 15) is 4.79 Å². The third-order valence-electron chi connectivity index (χ3n) is 3.64. The first-order valence-corrected chi connectivity index (χ1v) is 10.5. The Bertz CT molecular complexity index is 721. The van der Waals surface area contributed by atoms with E-state index in [4.69, 9.17) is 4.74 Å². The molecule has 1 aromatic carbocycles. The summed E-state index contributed by atoms with van der Waals surface area (Å²) in [6.45, 7) is 12.6. The average Bonchev–Trinajstić information content (AvgIpc) is 2.98. The predicted octanol–water partition coefficient (Wildman–Crippen LogP) is 5.13. The van der Waals surface area contributed by atoms with E-state index in [2.05, 4.69) is 50.1 Å². The molecule has 0 aliphatic rings. The number of amides is 1. The topological polar surface area (TPSA) is 64.1 Å². The Balaban J connectivity index is 1.99. The maximum Gasteiger partial charge on any atom is 0.267 e. The predicted molar refractivity (Wildman–Crippen MR) is 109 cm³/mol. The fourth-order valence-electron chi connectivity index (χ4n) is 2.22. The number of nitrogens with one attached hydrogen (secondary N) is 1. The molecule has 0 fully saturated rings. The Morgan fingerprint density at radius 1 is 1.23 bits per heavy atom. The van der Waals surface area contributed by atoms with Gasteiger partial charge >= 0.3 is 0 Å². The highest BCUT2D eigenvalue weighted by Gasteiger charge is 2.21. The SMILES string of the molecule is CC[C@H](Oc1ccc(C(C)(C)C)cc1)C(=O)Nc1nnc(SC(C)C)s1. The van der Waals surface area contributed by atoms with Gasteiger partial charge in [0.25, 0.3) is 5.91 Å². The van der Waals surface area contributed by atoms with Crippen LogP contribution in [0.25, 0.3) is 0 Å². The van der Waals surface area contributed by atoms with Crippen LogP contribution in [0.1, 0.15) is 53.5 Å². The lowest BCUT2D eigenvalue weighted by Crippen LogP contribution is -2.32. The number of thioether (sulfide) groups is 1. The number of hydrogen-bond acceptors (Lipinski definition) is 6. The first-order chi connectivity index (χ1) is 12.2. The minimum absolute atomic E-state index is 0.0869. The highest BCUT2D eigenvalue weighted by Crippen LogP contribution is 2.29. The van der Waals surface area contributed by atoms with Crippen LogP contribution >= 0.6 is 23.1 Å². The van der Waals surface area contributed by atoms with Gasteiger partial charge in [-0.05, 0) is 29.5 Å². The number of carbonyl (C=O) groups excluding carboxylic acids is 1. The number of carbonyl (C=O) groups is 1. The van der Waals surface area contributed by atoms with Gasteiger partial charge in [0.05, 0.1) is 0 Å². The number of nitrogens with zero attached hydrogens (tertiary/aromatic N) is 2. The third kappa shape index (κ3) is 5.99. The lowest BCUT2D eigenvalue weighted by atomic mass is 9.87. The number of benzene rings is 1. The summed E-state index contributed by atoms with van der Waals surface area (Å²) in [5, 5.41) is 11.9. The maximum absolute atomic E-state index is 12.5. The van der Waals surface area contributed by atoms with Crippen molar-refractivity contribution in [2.45, 2.75) is 69.1 Å². The van der Waals surface area contributed by atoms with Gasteiger partial charge in [0.1, 0.15) is 5.75 Å². The number of ether oxygens (including phenoxy) is 1. The van der Waals surface area contributed by atoms with Crippen molar-refractivity contribution < 1.29 is 9.53 Å². The molecule has 1 N–H and O–H groups in total. The van der Waals surface area contributed by atoms with E-state index in [-0.39, 0.29) is 11.3 Å². The van der Waals surface area contributed by atoms with Crippen LogP contribution < -0.4 is 10.1 Å². The molecule has 0 aliphatic heterocycles. The molecule has 1 aromatic heterocycles. The second-order valence-electron chi connectivity index (χ2n) is 7.32. The van der Waals surface area contributed by atoms with E-state index in [0.717, 1.165) is 4.34 Å². The van der Waals surface area contributed by atoms with Crippen LogP contribution in [0.15, 0.2) is 28.6 Å². The Labute approximate surface area is 163 Å². The first kappa shape index (κ1) is 20.7. The Morgan fingerprint density at radius 3 is 2.42 bits per heavy atom. The molecule has 142 valence electrons. The van der Waals surface area contributed by atoms with Crippen molar-refractivity contribution in [3.8, 4) is 5.75 Å². The van der Waals surface area contributed by atoms with Crippen LogP contribution in [-0.2, 0) is 10.2 Å². The second kappa shape index (κ2) is 8.86. The zero-order chi connectivity index (χ0) is 19.3. The van der Waals surface area contributed by atoms with Crippen molar-refractivity contribution in [1.82, 2.24) is 10.2 Å². The van der Waals surface area contributed by atoms with Gasteiger partial charge in [-0.1, -0.05) is 76.8 Å². The minimum Gasteiger partial charge on any atom is -0.481 e. The second-order valence-corrected chi connectivity index (χ2v) is 10.1. The van der Waals surface area contributed by atoms with Crippen molar-refractivity contribution in [1.29, 1.82) is 0 Å². The van der Waals surface area contributed by atoms with Gasteiger partial charge in [0.15, 0.2) is 10.4 Å². The standard InChI is InChI=1S/C19H27N3O2S2/c1-7-15(24-14-10-8-13(9-11-14)19(4,5)6)16(23)20-17-21-22-18(26-17)25-12(2)3/h8-12,15H,7H2,1-6H3,(H,20,21,23)/t15-/m0/s1. The van der Waals surface area contributed by atoms with Gasteiger partial charge < -0.3 is 4.74 Å². The lowest BCUT2D eigenvalue weighted by molar-refractivity contribution is -0.122. The monoisotopic (exact) mass is 393 g/mol. The fourth-order valence-corrected chi connectivity index (χ4v) is 4.19. The normalized spacial score (nSPS) is 12.9. The summed E-state index contributed by atoms with van der Waals surface area (Å²) in [7, 11) is 0. The minimum atomic E-state index is -0.569. The van der Waals surface area contributed by atoms with Gasteiger partial charge in [0.2, 0.25) is 5.13 Å². The zero-order valence-corrected chi connectivity index (χ0v) is 17.8. The summed E-state index contributed by atoms with van der Waals surface area (Å²) in [4.78, 5) is 12.5. The highest BCUT2D eigenvalue weighted by atomic mass is 32.2. The molecule has 1 amide bonds. The highest BCUT2D eigenvalue weighted by molar-refractivity contribution is 8.01. The van der Waals surface area contributed by atoms with Crippen molar-refractivity contribution in [2.24, 2.45) is 0 Å². The third-order valence-corrected chi connectivity index (χ3v) is 5.56. The molecule has 0 aliphatic carbocycles. The van der Waals surface area contributed by atoms with Crippen LogP contribution in [0, 0.1) is 0 Å². The van der Waals surface area contributed by atoms with E-state index >= 15 is 0 Å². The van der Waals surface area contributed by atoms with E-state index in [1.165, 1.54) is 16.9 Å². The van der Waals surface area contributed by atoms with Crippen molar-refractivity contribution >= 4 is 34.1 Å². The smallest absolute Gasteiger partial charge is 0.267 e. The number of hydrogen-bond donors (Lipinski definition) is 1. The molecule has 1 atom stereocenters. The number of rotatable bonds is 7. The molecule has 1 heterocycles. The lowest BCUT2D eigenvalue weighted by Gasteiger charge is -2.20. The van der Waals surface area contributed by atoms with Gasteiger partial charge in [-0.3, -0.25) is 10.1 Å². The molecular formula is C19H27N3O2S2. The molecule has 5 nitrogen and oxygen atoms in total. The van der Waals surface area contributed by atoms with E-state index in [0.29, 0.717) is 22.6 Å². The zero-order valence-electron chi connectivity index (χ0n) is 16.2. The summed E-state index contributed by atoms with van der Waals surface area (Å²) in [6.07, 6.45) is -0.000189.